The van der Waals surface area contributed by atoms with Crippen LogP contribution >= 0.6 is 0 Å². The van der Waals surface area contributed by atoms with E-state index in [-0.39, 0.29) is 24.3 Å². The molecule has 1 aromatic carbocycles. The molecule has 0 bridgehead atoms. The minimum Gasteiger partial charge on any atom is -0.444 e. The van der Waals surface area contributed by atoms with E-state index in [4.69, 9.17) is 4.74 Å². The number of nitrogens with one attached hydrogen (secondary N) is 2. The lowest BCUT2D eigenvalue weighted by atomic mass is 9.98. The van der Waals surface area contributed by atoms with E-state index in [0.717, 1.165) is 6.07 Å². The highest BCUT2D eigenvalue weighted by Gasteiger charge is 2.35. The minimum absolute atomic E-state index is 0.0223. The summed E-state index contributed by atoms with van der Waals surface area (Å²) in [7, 11) is 1.64. The van der Waals surface area contributed by atoms with Crippen molar-refractivity contribution in [2.45, 2.75) is 32.5 Å². The maximum atomic E-state index is 14.0. The molecule has 11 heteroatoms. The summed E-state index contributed by atoms with van der Waals surface area (Å²) in [5.41, 5.74) is 0.370. The quantitative estimate of drug-likeness (QED) is 0.386. The van der Waals surface area contributed by atoms with Gasteiger partial charge in [-0.3, -0.25) is 4.79 Å². The van der Waals surface area contributed by atoms with Crippen LogP contribution in [-0.2, 0) is 18.0 Å². The Morgan fingerprint density at radius 1 is 1.00 bits per heavy atom. The average molecular weight is 502 g/mol. The highest BCUT2D eigenvalue weighted by Crippen LogP contribution is 2.40. The van der Waals surface area contributed by atoms with Crippen molar-refractivity contribution >= 4 is 28.6 Å². The van der Waals surface area contributed by atoms with E-state index < -0.39 is 29.3 Å². The van der Waals surface area contributed by atoms with Crippen molar-refractivity contribution in [1.29, 1.82) is 0 Å². The third-order valence-electron chi connectivity index (χ3n) is 5.46. The smallest absolute Gasteiger partial charge is 0.417 e. The maximum absolute atomic E-state index is 14.0. The third kappa shape index (κ3) is 5.14. The molecule has 4 rings (SSSR count). The lowest BCUT2D eigenvalue weighted by molar-refractivity contribution is -0.137. The van der Waals surface area contributed by atoms with Crippen molar-refractivity contribution in [2.75, 3.05) is 13.1 Å². The van der Waals surface area contributed by atoms with Crippen LogP contribution in [0.25, 0.3) is 27.7 Å². The Morgan fingerprint density at radius 3 is 2.42 bits per heavy atom. The standard InChI is InChI=1S/C25H26F3N5O3/c1-24(2,3)36-23(35)30-10-9-29-22(34)20-8-7-19-15(6-5-11-33(19)20)16-12-18-21(32(4)14-31-18)13-17(16)25(26,27)28/h5-8,11-14H,9-10H2,1-4H3,(H,29,34)(H,30,35). The monoisotopic (exact) mass is 501 g/mol. The molecule has 8 nitrogen and oxygen atoms in total. The van der Waals surface area contributed by atoms with E-state index >= 15 is 0 Å². The summed E-state index contributed by atoms with van der Waals surface area (Å²) in [6, 6.07) is 8.83. The van der Waals surface area contributed by atoms with Crippen LogP contribution in [0.4, 0.5) is 18.0 Å². The Labute approximate surface area is 205 Å². The van der Waals surface area contributed by atoms with Gasteiger partial charge in [0, 0.05) is 31.9 Å². The molecule has 0 aliphatic carbocycles. The number of amides is 2. The van der Waals surface area contributed by atoms with Gasteiger partial charge in [0.05, 0.1) is 28.4 Å². The number of carbonyl (C=O) groups excluding carboxylic acids is 2. The molecule has 0 fully saturated rings. The molecule has 0 aliphatic rings. The molecule has 0 saturated heterocycles. The number of nitrogens with zero attached hydrogens (tertiary/aromatic N) is 3. The number of benzene rings is 1. The summed E-state index contributed by atoms with van der Waals surface area (Å²) in [6.07, 6.45) is -2.11. The SMILES string of the molecule is Cn1cnc2cc(-c3cccn4c(C(=O)NCCNC(=O)OC(C)(C)C)ccc34)c(C(F)(F)F)cc21. The van der Waals surface area contributed by atoms with E-state index in [9.17, 15) is 22.8 Å². The van der Waals surface area contributed by atoms with Crippen LogP contribution in [0.5, 0.6) is 0 Å². The molecule has 4 aromatic rings. The lowest BCUT2D eigenvalue weighted by Gasteiger charge is -2.19. The zero-order chi connectivity index (χ0) is 26.3. The zero-order valence-electron chi connectivity index (χ0n) is 20.2. The van der Waals surface area contributed by atoms with Gasteiger partial charge in [0.2, 0.25) is 0 Å². The van der Waals surface area contributed by atoms with Gasteiger partial charge < -0.3 is 24.3 Å². The highest BCUT2D eigenvalue weighted by atomic mass is 19.4. The number of fused-ring (bicyclic) bond motifs is 2. The highest BCUT2D eigenvalue weighted by molar-refractivity contribution is 5.96. The second-order valence-corrected chi connectivity index (χ2v) is 9.32. The molecule has 190 valence electrons. The number of hydrogen-bond donors (Lipinski definition) is 2. The molecule has 2 N–H and O–H groups in total. The number of aromatic nitrogens is 3. The van der Waals surface area contributed by atoms with Gasteiger partial charge >= 0.3 is 12.3 Å². The fourth-order valence-corrected chi connectivity index (χ4v) is 3.93. The van der Waals surface area contributed by atoms with Crippen LogP contribution in [0, 0.1) is 0 Å². The van der Waals surface area contributed by atoms with Gasteiger partial charge in [-0.2, -0.15) is 13.2 Å². The number of carbonyl (C=O) groups is 2. The van der Waals surface area contributed by atoms with Gasteiger partial charge in [-0.05, 0) is 56.7 Å². The Bertz CT molecular complexity index is 1450. The molecule has 2 amide bonds. The zero-order valence-corrected chi connectivity index (χ0v) is 20.2. The van der Waals surface area contributed by atoms with Crippen LogP contribution < -0.4 is 10.6 Å². The summed E-state index contributed by atoms with van der Waals surface area (Å²) < 4.78 is 50.3. The molecule has 0 radical (unpaired) electrons. The van der Waals surface area contributed by atoms with Crippen molar-refractivity contribution in [3.63, 3.8) is 0 Å². The van der Waals surface area contributed by atoms with E-state index in [1.54, 1.807) is 58.3 Å². The fourth-order valence-electron chi connectivity index (χ4n) is 3.93. The van der Waals surface area contributed by atoms with Crippen molar-refractivity contribution in [2.24, 2.45) is 7.05 Å². The second-order valence-electron chi connectivity index (χ2n) is 9.32. The second kappa shape index (κ2) is 9.21. The van der Waals surface area contributed by atoms with Crippen molar-refractivity contribution in [3.8, 4) is 11.1 Å². The van der Waals surface area contributed by atoms with Crippen LogP contribution in [0.1, 0.15) is 36.8 Å². The van der Waals surface area contributed by atoms with Gasteiger partial charge in [-0.1, -0.05) is 6.07 Å². The Kier molecular flexibility index (Phi) is 6.42. The largest absolute Gasteiger partial charge is 0.444 e. The fraction of sp³-hybridized carbons (Fsp3) is 0.320. The first-order chi connectivity index (χ1) is 16.8. The molecule has 0 spiro atoms. The van der Waals surface area contributed by atoms with Gasteiger partial charge in [0.1, 0.15) is 11.3 Å². The normalized spacial score (nSPS) is 12.2. The number of imidazole rings is 1. The molecule has 0 atom stereocenters. The number of hydrogen-bond acceptors (Lipinski definition) is 4. The first kappa shape index (κ1) is 25.1. The average Bonchev–Trinajstić information content (AvgIpc) is 3.37. The Hall–Kier alpha value is -4.02. The number of pyridine rings is 1. The van der Waals surface area contributed by atoms with Crippen molar-refractivity contribution in [3.05, 3.63) is 60.2 Å². The van der Waals surface area contributed by atoms with Gasteiger partial charge in [0.25, 0.3) is 5.91 Å². The van der Waals surface area contributed by atoms with Crippen LogP contribution in [-0.4, -0.2) is 44.6 Å². The van der Waals surface area contributed by atoms with Crippen LogP contribution in [0.15, 0.2) is 48.9 Å². The topological polar surface area (TPSA) is 89.7 Å². The maximum Gasteiger partial charge on any atom is 0.417 e. The molecule has 0 saturated carbocycles. The Balaban J connectivity index is 1.60. The van der Waals surface area contributed by atoms with Crippen LogP contribution in [0.2, 0.25) is 0 Å². The summed E-state index contributed by atoms with van der Waals surface area (Å²) in [5.74, 6) is -0.436. The first-order valence-corrected chi connectivity index (χ1v) is 11.2. The summed E-state index contributed by atoms with van der Waals surface area (Å²) in [4.78, 5) is 28.7. The lowest BCUT2D eigenvalue weighted by Crippen LogP contribution is -2.38. The molecule has 36 heavy (non-hydrogen) atoms. The number of alkyl carbamates (subject to hydrolysis) is 1. The Morgan fingerprint density at radius 2 is 1.72 bits per heavy atom. The molecule has 0 aliphatic heterocycles. The van der Waals surface area contributed by atoms with Crippen LogP contribution in [0.3, 0.4) is 0 Å². The summed E-state index contributed by atoms with van der Waals surface area (Å²) in [6.45, 7) is 5.51. The number of rotatable bonds is 5. The minimum atomic E-state index is -4.59. The number of alkyl halides is 3. The number of ether oxygens (including phenoxy) is 1. The number of aryl methyl sites for hydroxylation is 1. The molecule has 3 aromatic heterocycles. The van der Waals surface area contributed by atoms with Gasteiger partial charge in [-0.25, -0.2) is 9.78 Å². The molecular formula is C25H26F3N5O3. The third-order valence-corrected chi connectivity index (χ3v) is 5.46. The predicted octanol–water partition coefficient (Wildman–Crippen LogP) is 4.77. The molecule has 0 unspecified atom stereocenters. The van der Waals surface area contributed by atoms with Crippen molar-refractivity contribution < 1.29 is 27.5 Å². The van der Waals surface area contributed by atoms with E-state index in [1.807, 2.05) is 0 Å². The van der Waals surface area contributed by atoms with Crippen molar-refractivity contribution in [1.82, 2.24) is 24.6 Å². The summed E-state index contributed by atoms with van der Waals surface area (Å²) in [5, 5.41) is 5.24. The predicted molar refractivity (Wildman–Crippen MR) is 129 cm³/mol. The number of halogens is 3. The van der Waals surface area contributed by atoms with E-state index in [1.165, 1.54) is 21.4 Å². The molecular weight excluding hydrogens is 475 g/mol. The molecule has 3 heterocycles. The summed E-state index contributed by atoms with van der Waals surface area (Å²) >= 11 is 0. The van der Waals surface area contributed by atoms with E-state index in [0.29, 0.717) is 22.1 Å². The van der Waals surface area contributed by atoms with Gasteiger partial charge in [0.15, 0.2) is 0 Å². The van der Waals surface area contributed by atoms with E-state index in [2.05, 4.69) is 15.6 Å². The first-order valence-electron chi connectivity index (χ1n) is 11.2. The van der Waals surface area contributed by atoms with Gasteiger partial charge in [-0.15, -0.1) is 0 Å².